The van der Waals surface area contributed by atoms with Crippen LogP contribution in [-0.2, 0) is 11.3 Å². The van der Waals surface area contributed by atoms with E-state index in [1.807, 2.05) is 0 Å². The van der Waals surface area contributed by atoms with E-state index in [0.717, 1.165) is 32.2 Å². The molecule has 1 saturated heterocycles. The minimum Gasteiger partial charge on any atom is -0.476 e. The van der Waals surface area contributed by atoms with Crippen LogP contribution in [0.25, 0.3) is 11.4 Å². The lowest BCUT2D eigenvalue weighted by atomic mass is 9.77. The Morgan fingerprint density at radius 3 is 2.58 bits per heavy atom. The zero-order valence-electron chi connectivity index (χ0n) is 17.6. The van der Waals surface area contributed by atoms with Crippen molar-refractivity contribution in [1.82, 2.24) is 29.9 Å². The molecule has 1 N–H and O–H groups in total. The van der Waals surface area contributed by atoms with Crippen LogP contribution in [0, 0.1) is 11.3 Å². The number of aromatic nitrogens is 5. The SMILES string of the molecule is O=C(O)c1nccnc1-c1cn(CC2CCCN2C(=O)C2(C3CCCCC3)CC2)nn1. The van der Waals surface area contributed by atoms with Crippen LogP contribution in [0.2, 0.25) is 0 Å². The number of carboxylic acid groups (broad SMARTS) is 1. The van der Waals surface area contributed by atoms with Gasteiger partial charge >= 0.3 is 5.97 Å². The number of aromatic carboxylic acids is 1. The molecule has 3 fully saturated rings. The molecular formula is C22H28N6O3. The van der Waals surface area contributed by atoms with Crippen molar-refractivity contribution < 1.29 is 14.7 Å². The van der Waals surface area contributed by atoms with E-state index in [9.17, 15) is 14.7 Å². The molecule has 9 heteroatoms. The lowest BCUT2D eigenvalue weighted by molar-refractivity contribution is -0.141. The molecule has 1 atom stereocenters. The molecule has 0 bridgehead atoms. The lowest BCUT2D eigenvalue weighted by Gasteiger charge is -2.35. The van der Waals surface area contributed by atoms with Crippen molar-refractivity contribution in [3.8, 4) is 11.4 Å². The van der Waals surface area contributed by atoms with E-state index in [-0.39, 0.29) is 22.8 Å². The molecule has 2 aliphatic carbocycles. The van der Waals surface area contributed by atoms with Gasteiger partial charge in [0.05, 0.1) is 24.2 Å². The summed E-state index contributed by atoms with van der Waals surface area (Å²) in [5.41, 5.74) is 0.333. The molecule has 0 aromatic carbocycles. The van der Waals surface area contributed by atoms with Gasteiger partial charge in [-0.1, -0.05) is 24.5 Å². The van der Waals surface area contributed by atoms with Gasteiger partial charge < -0.3 is 10.0 Å². The fourth-order valence-electron chi connectivity index (χ4n) is 5.56. The molecule has 3 aliphatic rings. The van der Waals surface area contributed by atoms with E-state index in [4.69, 9.17) is 0 Å². The number of carboxylic acids is 1. The third kappa shape index (κ3) is 3.70. The standard InChI is InChI=1S/C22H28N6O3/c29-20(30)19-18(23-10-11-24-19)17-14-27(26-25-17)13-16-7-4-12-28(16)21(31)22(8-9-22)15-5-2-1-3-6-15/h10-11,14-16H,1-9,12-13H2,(H,29,30). The number of likely N-dealkylation sites (tertiary alicyclic amines) is 1. The van der Waals surface area contributed by atoms with Gasteiger partial charge in [-0.25, -0.2) is 14.5 Å². The summed E-state index contributed by atoms with van der Waals surface area (Å²) < 4.78 is 1.70. The first-order chi connectivity index (χ1) is 15.1. The second kappa shape index (κ2) is 8.01. The Hall–Kier alpha value is -2.84. The van der Waals surface area contributed by atoms with Gasteiger partial charge in [-0.2, -0.15) is 0 Å². The molecule has 2 saturated carbocycles. The maximum atomic E-state index is 13.6. The summed E-state index contributed by atoms with van der Waals surface area (Å²) in [5, 5.41) is 17.7. The fraction of sp³-hybridized carbons (Fsp3) is 0.636. The van der Waals surface area contributed by atoms with Crippen molar-refractivity contribution in [1.29, 1.82) is 0 Å². The van der Waals surface area contributed by atoms with Crippen LogP contribution in [0.3, 0.4) is 0 Å². The molecule has 164 valence electrons. The Morgan fingerprint density at radius 1 is 1.06 bits per heavy atom. The van der Waals surface area contributed by atoms with Crippen molar-refractivity contribution in [3.05, 3.63) is 24.3 Å². The number of carbonyl (C=O) groups is 2. The molecule has 0 radical (unpaired) electrons. The van der Waals surface area contributed by atoms with Crippen LogP contribution in [0.4, 0.5) is 0 Å². The number of carbonyl (C=O) groups excluding carboxylic acids is 1. The van der Waals surface area contributed by atoms with Gasteiger partial charge in [0, 0.05) is 18.9 Å². The van der Waals surface area contributed by atoms with Crippen LogP contribution in [0.1, 0.15) is 68.3 Å². The van der Waals surface area contributed by atoms with Gasteiger partial charge in [0.1, 0.15) is 11.4 Å². The maximum Gasteiger partial charge on any atom is 0.356 e. The monoisotopic (exact) mass is 424 g/mol. The van der Waals surface area contributed by atoms with Gasteiger partial charge in [-0.05, 0) is 44.4 Å². The molecule has 9 nitrogen and oxygen atoms in total. The van der Waals surface area contributed by atoms with Gasteiger partial charge in [-0.15, -0.1) is 5.10 Å². The summed E-state index contributed by atoms with van der Waals surface area (Å²) >= 11 is 0. The highest BCUT2D eigenvalue weighted by molar-refractivity contribution is 5.91. The highest BCUT2D eigenvalue weighted by atomic mass is 16.4. The molecule has 1 aliphatic heterocycles. The fourth-order valence-corrected chi connectivity index (χ4v) is 5.56. The summed E-state index contributed by atoms with van der Waals surface area (Å²) in [7, 11) is 0. The number of amides is 1. The summed E-state index contributed by atoms with van der Waals surface area (Å²) in [6.45, 7) is 1.37. The number of rotatable bonds is 6. The molecule has 3 heterocycles. The minimum absolute atomic E-state index is 0.101. The molecule has 2 aromatic rings. The first kappa shape index (κ1) is 20.1. The zero-order valence-corrected chi connectivity index (χ0v) is 17.6. The first-order valence-electron chi connectivity index (χ1n) is 11.3. The van der Waals surface area contributed by atoms with Gasteiger partial charge in [0.15, 0.2) is 5.69 Å². The quantitative estimate of drug-likeness (QED) is 0.758. The Bertz CT molecular complexity index is 979. The van der Waals surface area contributed by atoms with Crippen LogP contribution >= 0.6 is 0 Å². The van der Waals surface area contributed by atoms with Crippen molar-refractivity contribution in [2.24, 2.45) is 11.3 Å². The van der Waals surface area contributed by atoms with Crippen LogP contribution in [-0.4, -0.2) is 59.4 Å². The summed E-state index contributed by atoms with van der Waals surface area (Å²) in [4.78, 5) is 35.1. The van der Waals surface area contributed by atoms with E-state index in [1.54, 1.807) is 10.9 Å². The predicted octanol–water partition coefficient (Wildman–Crippen LogP) is 2.78. The Morgan fingerprint density at radius 2 is 1.84 bits per heavy atom. The van der Waals surface area contributed by atoms with E-state index in [0.29, 0.717) is 24.1 Å². The lowest BCUT2D eigenvalue weighted by Crippen LogP contribution is -2.45. The van der Waals surface area contributed by atoms with Crippen molar-refractivity contribution in [2.45, 2.75) is 70.4 Å². The van der Waals surface area contributed by atoms with Crippen LogP contribution in [0.15, 0.2) is 18.6 Å². The molecule has 0 spiro atoms. The van der Waals surface area contributed by atoms with Crippen LogP contribution in [0.5, 0.6) is 0 Å². The normalized spacial score (nSPS) is 23.1. The Kier molecular flexibility index (Phi) is 5.19. The number of nitrogens with zero attached hydrogens (tertiary/aromatic N) is 6. The molecule has 1 unspecified atom stereocenters. The third-order valence-corrected chi connectivity index (χ3v) is 7.32. The number of hydrogen-bond donors (Lipinski definition) is 1. The summed E-state index contributed by atoms with van der Waals surface area (Å²) in [6, 6.07) is 0.101. The molecule has 2 aromatic heterocycles. The maximum absolute atomic E-state index is 13.6. The van der Waals surface area contributed by atoms with Gasteiger partial charge in [0.2, 0.25) is 5.91 Å². The Labute approximate surface area is 180 Å². The predicted molar refractivity (Wildman–Crippen MR) is 111 cm³/mol. The topological polar surface area (TPSA) is 114 Å². The second-order valence-electron chi connectivity index (χ2n) is 9.17. The highest BCUT2D eigenvalue weighted by Crippen LogP contribution is 2.58. The zero-order chi connectivity index (χ0) is 21.4. The molecule has 1 amide bonds. The van der Waals surface area contributed by atoms with E-state index >= 15 is 0 Å². The molecule has 31 heavy (non-hydrogen) atoms. The van der Waals surface area contributed by atoms with E-state index < -0.39 is 5.97 Å². The van der Waals surface area contributed by atoms with Crippen molar-refractivity contribution in [3.63, 3.8) is 0 Å². The molecular weight excluding hydrogens is 396 g/mol. The Balaban J connectivity index is 1.31. The number of hydrogen-bond acceptors (Lipinski definition) is 6. The van der Waals surface area contributed by atoms with Crippen molar-refractivity contribution in [2.75, 3.05) is 6.54 Å². The smallest absolute Gasteiger partial charge is 0.356 e. The van der Waals surface area contributed by atoms with Crippen molar-refractivity contribution >= 4 is 11.9 Å². The van der Waals surface area contributed by atoms with E-state index in [2.05, 4.69) is 25.2 Å². The summed E-state index contributed by atoms with van der Waals surface area (Å²) in [6.07, 6.45) is 14.7. The largest absolute Gasteiger partial charge is 0.476 e. The minimum atomic E-state index is -1.15. The van der Waals surface area contributed by atoms with Gasteiger partial charge in [-0.3, -0.25) is 9.78 Å². The second-order valence-corrected chi connectivity index (χ2v) is 9.17. The van der Waals surface area contributed by atoms with Gasteiger partial charge in [0.25, 0.3) is 0 Å². The summed E-state index contributed by atoms with van der Waals surface area (Å²) in [5.74, 6) is -0.244. The van der Waals surface area contributed by atoms with E-state index in [1.165, 1.54) is 44.5 Å². The average Bonchev–Trinajstić information content (AvgIpc) is 3.26. The molecule has 5 rings (SSSR count). The third-order valence-electron chi connectivity index (χ3n) is 7.32. The first-order valence-corrected chi connectivity index (χ1v) is 11.3. The van der Waals surface area contributed by atoms with Crippen LogP contribution < -0.4 is 0 Å². The average molecular weight is 425 g/mol. The highest BCUT2D eigenvalue weighted by Gasteiger charge is 2.57.